The van der Waals surface area contributed by atoms with Gasteiger partial charge in [0.2, 0.25) is 11.8 Å². The highest BCUT2D eigenvalue weighted by molar-refractivity contribution is 6.00. The number of amides is 5. The Balaban J connectivity index is 1.24. The first-order valence-electron chi connectivity index (χ1n) is 16.1. The highest BCUT2D eigenvalue weighted by Gasteiger charge is 2.33. The topological polar surface area (TPSA) is 141 Å². The van der Waals surface area contributed by atoms with Gasteiger partial charge in [-0.3, -0.25) is 19.1 Å². The lowest BCUT2D eigenvalue weighted by Gasteiger charge is -2.34. The number of benzene rings is 1. The van der Waals surface area contributed by atoms with Crippen LogP contribution in [0.15, 0.2) is 36.5 Å². The third kappa shape index (κ3) is 8.37. The number of urea groups is 1. The van der Waals surface area contributed by atoms with E-state index in [0.717, 1.165) is 63.6 Å². The van der Waals surface area contributed by atoms with Crippen molar-refractivity contribution in [2.45, 2.75) is 83.0 Å². The highest BCUT2D eigenvalue weighted by Crippen LogP contribution is 2.28. The van der Waals surface area contributed by atoms with Gasteiger partial charge in [0.05, 0.1) is 0 Å². The molecule has 5 amide bonds. The van der Waals surface area contributed by atoms with E-state index in [0.29, 0.717) is 37.4 Å². The number of rotatable bonds is 11. The van der Waals surface area contributed by atoms with Crippen LogP contribution in [0.3, 0.4) is 0 Å². The number of hydrogen-bond donors (Lipinski definition) is 4. The minimum absolute atomic E-state index is 0.0548. The number of aryl methyl sites for hydroxylation is 1. The van der Waals surface area contributed by atoms with E-state index >= 15 is 0 Å². The van der Waals surface area contributed by atoms with Crippen molar-refractivity contribution in [3.63, 3.8) is 0 Å². The molecule has 2 saturated carbocycles. The lowest BCUT2D eigenvalue weighted by atomic mass is 9.83. The maximum Gasteiger partial charge on any atom is 0.315 e. The zero-order valence-corrected chi connectivity index (χ0v) is 25.9. The Kier molecular flexibility index (Phi) is 10.5. The number of piperazine rings is 1. The average Bonchev–Trinajstić information content (AvgIpc) is 3.71. The van der Waals surface area contributed by atoms with Crippen molar-refractivity contribution < 1.29 is 19.2 Å². The predicted octanol–water partition coefficient (Wildman–Crippen LogP) is 2.37. The fourth-order valence-corrected chi connectivity index (χ4v) is 6.10. The molecule has 5 rings (SSSR count). The minimum atomic E-state index is -0.694. The summed E-state index contributed by atoms with van der Waals surface area (Å²) in [6.45, 7) is 5.33. The van der Waals surface area contributed by atoms with Gasteiger partial charge >= 0.3 is 6.03 Å². The minimum Gasteiger partial charge on any atom is -0.339 e. The molecule has 0 spiro atoms. The van der Waals surface area contributed by atoms with Crippen LogP contribution < -0.4 is 21.3 Å². The van der Waals surface area contributed by atoms with Gasteiger partial charge in [-0.25, -0.2) is 4.79 Å². The Hall–Kier alpha value is -3.93. The Morgan fingerprint density at radius 1 is 0.909 bits per heavy atom. The molecule has 238 valence electrons. The van der Waals surface area contributed by atoms with Gasteiger partial charge in [0, 0.05) is 57.1 Å². The summed E-state index contributed by atoms with van der Waals surface area (Å²) in [7, 11) is 2.04. The monoisotopic (exact) mass is 606 g/mol. The summed E-state index contributed by atoms with van der Waals surface area (Å²) in [5, 5.41) is 16.0. The predicted molar refractivity (Wildman–Crippen MR) is 167 cm³/mol. The van der Waals surface area contributed by atoms with E-state index in [1.165, 1.54) is 0 Å². The zero-order chi connectivity index (χ0) is 31.1. The van der Waals surface area contributed by atoms with E-state index in [2.05, 4.69) is 31.3 Å². The summed E-state index contributed by atoms with van der Waals surface area (Å²) < 4.78 is 1.62. The molecule has 1 saturated heterocycles. The molecule has 2 aliphatic carbocycles. The SMILES string of the molecule is CCn1nccc1C(=O)N[C@H](C(=O)Nc1ccc(C[C@@H](NC(=O)NC2CC2)C(=O)N2CCN(C)CC2)cc1)C1CCCCC1. The fourth-order valence-electron chi connectivity index (χ4n) is 6.10. The second-order valence-electron chi connectivity index (χ2n) is 12.3. The second kappa shape index (κ2) is 14.7. The molecule has 0 unspecified atom stereocenters. The van der Waals surface area contributed by atoms with Crippen LogP contribution >= 0.6 is 0 Å². The van der Waals surface area contributed by atoms with Gasteiger partial charge < -0.3 is 31.1 Å². The molecule has 2 heterocycles. The summed E-state index contributed by atoms with van der Waals surface area (Å²) in [5.41, 5.74) is 1.91. The summed E-state index contributed by atoms with van der Waals surface area (Å²) >= 11 is 0. The maximum atomic E-state index is 13.6. The van der Waals surface area contributed by atoms with E-state index in [1.54, 1.807) is 29.1 Å². The van der Waals surface area contributed by atoms with Crippen LogP contribution in [0, 0.1) is 5.92 Å². The molecule has 3 aliphatic rings. The van der Waals surface area contributed by atoms with Crippen molar-refractivity contribution in [1.82, 2.24) is 35.5 Å². The number of anilines is 1. The van der Waals surface area contributed by atoms with Crippen LogP contribution in [-0.2, 0) is 22.6 Å². The Bertz CT molecular complexity index is 1290. The molecule has 12 heteroatoms. The van der Waals surface area contributed by atoms with Gasteiger partial charge in [0.1, 0.15) is 17.8 Å². The lowest BCUT2D eigenvalue weighted by molar-refractivity contribution is -0.134. The molecule has 2 atom stereocenters. The summed E-state index contributed by atoms with van der Waals surface area (Å²) in [6.07, 6.45) is 8.83. The number of carbonyl (C=O) groups is 4. The molecule has 3 fully saturated rings. The first kappa shape index (κ1) is 31.5. The maximum absolute atomic E-state index is 13.6. The third-order valence-electron chi connectivity index (χ3n) is 8.93. The average molecular weight is 607 g/mol. The standard InChI is InChI=1S/C32H46N8O4/c1-3-40-27(15-16-33-40)29(41)37-28(23-7-5-4-6-8-23)30(42)34-24-11-9-22(10-12-24)21-26(36-32(44)35-25-13-14-25)31(43)39-19-17-38(2)18-20-39/h9-12,15-16,23,25-26,28H,3-8,13-14,17-21H2,1-2H3,(H,34,42)(H,37,41)(H2,35,36,44)/t26-,28+/m1/s1. The molecule has 44 heavy (non-hydrogen) atoms. The first-order valence-corrected chi connectivity index (χ1v) is 16.1. The number of nitrogens with zero attached hydrogens (tertiary/aromatic N) is 4. The number of likely N-dealkylation sites (N-methyl/N-ethyl adjacent to an activating group) is 1. The lowest BCUT2D eigenvalue weighted by Crippen LogP contribution is -2.56. The van der Waals surface area contributed by atoms with Gasteiger partial charge in [0.25, 0.3) is 5.91 Å². The number of hydrogen-bond acceptors (Lipinski definition) is 6. The molecule has 1 aromatic carbocycles. The van der Waals surface area contributed by atoms with Crippen LogP contribution in [0.4, 0.5) is 10.5 Å². The van der Waals surface area contributed by atoms with Crippen molar-refractivity contribution in [2.24, 2.45) is 5.92 Å². The molecule has 12 nitrogen and oxygen atoms in total. The number of aromatic nitrogens is 2. The molecule has 2 aromatic rings. The Labute approximate surface area is 259 Å². The summed E-state index contributed by atoms with van der Waals surface area (Å²) in [6, 6.07) is 7.53. The Morgan fingerprint density at radius 2 is 1.61 bits per heavy atom. The van der Waals surface area contributed by atoms with Crippen molar-refractivity contribution >= 4 is 29.4 Å². The Morgan fingerprint density at radius 3 is 2.27 bits per heavy atom. The first-order chi connectivity index (χ1) is 21.3. The second-order valence-corrected chi connectivity index (χ2v) is 12.3. The van der Waals surface area contributed by atoms with Gasteiger partial charge in [-0.05, 0) is 69.3 Å². The van der Waals surface area contributed by atoms with Crippen LogP contribution in [-0.4, -0.2) is 94.7 Å². The van der Waals surface area contributed by atoms with Crippen molar-refractivity contribution in [1.29, 1.82) is 0 Å². The van der Waals surface area contributed by atoms with E-state index < -0.39 is 12.1 Å². The quantitative estimate of drug-likeness (QED) is 0.310. The van der Waals surface area contributed by atoms with E-state index in [9.17, 15) is 19.2 Å². The van der Waals surface area contributed by atoms with Crippen LogP contribution in [0.2, 0.25) is 0 Å². The van der Waals surface area contributed by atoms with E-state index in [4.69, 9.17) is 0 Å². The normalized spacial score (nSPS) is 19.1. The zero-order valence-electron chi connectivity index (χ0n) is 25.9. The van der Waals surface area contributed by atoms with E-state index in [1.807, 2.05) is 31.0 Å². The third-order valence-corrected chi connectivity index (χ3v) is 8.93. The highest BCUT2D eigenvalue weighted by atomic mass is 16.2. The number of carbonyl (C=O) groups excluding carboxylic acids is 4. The van der Waals surface area contributed by atoms with Crippen molar-refractivity contribution in [3.8, 4) is 0 Å². The molecule has 0 radical (unpaired) electrons. The van der Waals surface area contributed by atoms with Gasteiger partial charge in [-0.15, -0.1) is 0 Å². The van der Waals surface area contributed by atoms with Crippen LogP contribution in [0.5, 0.6) is 0 Å². The van der Waals surface area contributed by atoms with Crippen molar-refractivity contribution in [2.75, 3.05) is 38.5 Å². The van der Waals surface area contributed by atoms with Gasteiger partial charge in [-0.2, -0.15) is 5.10 Å². The molecule has 1 aliphatic heterocycles. The largest absolute Gasteiger partial charge is 0.339 e. The fraction of sp³-hybridized carbons (Fsp3) is 0.594. The molecular weight excluding hydrogens is 560 g/mol. The van der Waals surface area contributed by atoms with Crippen molar-refractivity contribution in [3.05, 3.63) is 47.8 Å². The van der Waals surface area contributed by atoms with Gasteiger partial charge in [-0.1, -0.05) is 31.4 Å². The molecular formula is C32H46N8O4. The van der Waals surface area contributed by atoms with Crippen LogP contribution in [0.25, 0.3) is 0 Å². The van der Waals surface area contributed by atoms with Gasteiger partial charge in [0.15, 0.2) is 0 Å². The summed E-state index contributed by atoms with van der Waals surface area (Å²) in [5.74, 6) is -0.585. The molecule has 4 N–H and O–H groups in total. The smallest absolute Gasteiger partial charge is 0.315 e. The van der Waals surface area contributed by atoms with E-state index in [-0.39, 0.29) is 35.7 Å². The number of nitrogens with one attached hydrogen (secondary N) is 4. The molecule has 0 bridgehead atoms. The van der Waals surface area contributed by atoms with Crippen LogP contribution in [0.1, 0.15) is 67.9 Å². The molecule has 1 aromatic heterocycles. The summed E-state index contributed by atoms with van der Waals surface area (Å²) in [4.78, 5) is 56.8.